The van der Waals surface area contributed by atoms with Crippen LogP contribution < -0.4 is 9.64 Å². The van der Waals surface area contributed by atoms with E-state index in [4.69, 9.17) is 9.84 Å². The highest BCUT2D eigenvalue weighted by Crippen LogP contribution is 2.37. The van der Waals surface area contributed by atoms with Crippen molar-refractivity contribution in [1.82, 2.24) is 10.0 Å². The van der Waals surface area contributed by atoms with E-state index in [1.54, 1.807) is 7.11 Å². The Morgan fingerprint density at radius 1 is 0.956 bits per heavy atom. The van der Waals surface area contributed by atoms with Gasteiger partial charge in [-0.15, -0.1) is 0 Å². The van der Waals surface area contributed by atoms with Gasteiger partial charge in [-0.2, -0.15) is 10.2 Å². The lowest BCUT2D eigenvalue weighted by Gasteiger charge is -2.25. The topological polar surface area (TPSA) is 150 Å². The average molecular weight is 604 g/mol. The van der Waals surface area contributed by atoms with E-state index >= 15 is 0 Å². The lowest BCUT2D eigenvalue weighted by Crippen LogP contribution is -2.44. The second kappa shape index (κ2) is 10.9. The Kier molecular flexibility index (Phi) is 6.76. The van der Waals surface area contributed by atoms with Gasteiger partial charge in [0.15, 0.2) is 12.1 Å². The van der Waals surface area contributed by atoms with Crippen LogP contribution in [0.3, 0.4) is 0 Å². The fourth-order valence-corrected chi connectivity index (χ4v) is 6.01. The summed E-state index contributed by atoms with van der Waals surface area (Å²) < 4.78 is 5.32. The zero-order valence-electron chi connectivity index (χ0n) is 23.9. The number of carbonyl (C=O) groups excluding carboxylic acids is 3. The smallest absolute Gasteiger partial charge is 0.269 e. The van der Waals surface area contributed by atoms with Crippen LogP contribution in [0.25, 0.3) is 10.8 Å². The molecular formula is C32H25N7O6. The molecule has 3 atom stereocenters. The molecule has 13 heteroatoms. The van der Waals surface area contributed by atoms with E-state index in [1.165, 1.54) is 34.3 Å². The highest BCUT2D eigenvalue weighted by molar-refractivity contribution is 6.25. The van der Waals surface area contributed by atoms with E-state index in [2.05, 4.69) is 10.3 Å². The summed E-state index contributed by atoms with van der Waals surface area (Å²) in [5, 5.41) is 28.6. The number of benzene rings is 4. The predicted molar refractivity (Wildman–Crippen MR) is 162 cm³/mol. The van der Waals surface area contributed by atoms with Crippen LogP contribution in [0.1, 0.15) is 23.6 Å². The van der Waals surface area contributed by atoms with Crippen molar-refractivity contribution in [3.8, 4) is 5.75 Å². The van der Waals surface area contributed by atoms with Gasteiger partial charge in [-0.05, 0) is 40.6 Å². The van der Waals surface area contributed by atoms with Crippen LogP contribution in [0.4, 0.5) is 11.4 Å². The monoisotopic (exact) mass is 603 g/mol. The third-order valence-electron chi connectivity index (χ3n) is 8.24. The van der Waals surface area contributed by atoms with E-state index in [1.807, 2.05) is 66.7 Å². The number of hydrogen-bond acceptors (Lipinski definition) is 10. The lowest BCUT2D eigenvalue weighted by atomic mass is 9.95. The molecule has 0 aliphatic carbocycles. The first kappa shape index (κ1) is 27.8. The van der Waals surface area contributed by atoms with E-state index < -0.39 is 40.8 Å². The first-order chi connectivity index (χ1) is 21.8. The summed E-state index contributed by atoms with van der Waals surface area (Å²) in [7, 11) is 1.58. The molecule has 224 valence electrons. The number of hydrazone groups is 1. The molecule has 4 aromatic carbocycles. The first-order valence-corrected chi connectivity index (χ1v) is 14.2. The molecule has 0 radical (unpaired) electrons. The maximum Gasteiger partial charge on any atom is 0.269 e. The van der Waals surface area contributed by atoms with Crippen molar-refractivity contribution in [3.05, 3.63) is 112 Å². The van der Waals surface area contributed by atoms with Crippen LogP contribution in [0.5, 0.6) is 5.75 Å². The quantitative estimate of drug-likeness (QED) is 0.172. The van der Waals surface area contributed by atoms with Crippen molar-refractivity contribution in [2.24, 2.45) is 15.4 Å². The molecule has 7 rings (SSSR count). The number of imide groups is 1. The maximum atomic E-state index is 14.0. The largest absolute Gasteiger partial charge is 0.497 e. The van der Waals surface area contributed by atoms with Gasteiger partial charge in [0.2, 0.25) is 0 Å². The SMILES string of the molecule is COc1ccc([C@@H]2CC(c3cccc4ccccc34)=NN2C(=O)CN2N=N[C@@H]3C(=O)N(c4ccc([N+](=O)[O-])cc4)C(=O)[C@H]32)cc1. The van der Waals surface area contributed by atoms with Gasteiger partial charge in [-0.3, -0.25) is 29.5 Å². The molecule has 3 amide bonds. The highest BCUT2D eigenvalue weighted by Gasteiger charge is 2.55. The second-order valence-electron chi connectivity index (χ2n) is 10.8. The van der Waals surface area contributed by atoms with Crippen molar-refractivity contribution in [1.29, 1.82) is 0 Å². The molecule has 3 aliphatic heterocycles. The Morgan fingerprint density at radius 2 is 1.69 bits per heavy atom. The number of fused-ring (bicyclic) bond motifs is 2. The molecular weight excluding hydrogens is 578 g/mol. The van der Waals surface area contributed by atoms with Crippen molar-refractivity contribution >= 4 is 45.6 Å². The number of carbonyl (C=O) groups is 3. The molecule has 3 aliphatic rings. The number of non-ortho nitro benzene ring substituents is 1. The van der Waals surface area contributed by atoms with Gasteiger partial charge in [0.1, 0.15) is 12.3 Å². The van der Waals surface area contributed by atoms with Gasteiger partial charge >= 0.3 is 0 Å². The number of methoxy groups -OCH3 is 1. The molecule has 0 N–H and O–H groups in total. The molecule has 4 aromatic rings. The van der Waals surface area contributed by atoms with Crippen LogP contribution in [0.15, 0.2) is 106 Å². The minimum Gasteiger partial charge on any atom is -0.497 e. The number of rotatable bonds is 7. The van der Waals surface area contributed by atoms with Crippen molar-refractivity contribution < 1.29 is 24.0 Å². The average Bonchev–Trinajstić information content (AvgIpc) is 3.76. The zero-order valence-corrected chi connectivity index (χ0v) is 23.9. The molecule has 0 spiro atoms. The van der Waals surface area contributed by atoms with Crippen molar-refractivity contribution in [2.75, 3.05) is 18.6 Å². The molecule has 3 heterocycles. The number of hydrogen-bond donors (Lipinski definition) is 0. The number of ether oxygens (including phenoxy) is 1. The first-order valence-electron chi connectivity index (χ1n) is 14.2. The van der Waals surface area contributed by atoms with Gasteiger partial charge in [0.05, 0.1) is 29.5 Å². The van der Waals surface area contributed by atoms with Gasteiger partial charge in [0, 0.05) is 24.1 Å². The minimum absolute atomic E-state index is 0.176. The number of amides is 3. The Labute approximate surface area is 256 Å². The molecule has 1 saturated heterocycles. The molecule has 45 heavy (non-hydrogen) atoms. The molecule has 0 bridgehead atoms. The van der Waals surface area contributed by atoms with Gasteiger partial charge in [0.25, 0.3) is 23.4 Å². The Morgan fingerprint density at radius 3 is 2.42 bits per heavy atom. The number of nitro benzene ring substituents is 1. The second-order valence-corrected chi connectivity index (χ2v) is 10.8. The number of nitro groups is 1. The summed E-state index contributed by atoms with van der Waals surface area (Å²) in [6.45, 7) is -0.350. The highest BCUT2D eigenvalue weighted by atomic mass is 16.6. The summed E-state index contributed by atoms with van der Waals surface area (Å²) >= 11 is 0. The van der Waals surface area contributed by atoms with Crippen molar-refractivity contribution in [2.45, 2.75) is 24.5 Å². The predicted octanol–water partition coefficient (Wildman–Crippen LogP) is 4.43. The summed E-state index contributed by atoms with van der Waals surface area (Å²) in [4.78, 5) is 52.0. The standard InChI is InChI=1S/C32H25N7O6/c1-45-23-15-9-20(10-16-23)27-17-26(25-8-4-6-19-5-2-3-7-24(19)25)34-38(27)28(40)18-36-30-29(33-35-36)31(41)37(32(30)42)21-11-13-22(14-12-21)39(43)44/h2-16,27,29-30H,17-18H2,1H3/t27-,29-,30-/m0/s1. The number of anilines is 1. The normalized spacial score (nSPS) is 20.6. The molecule has 1 fully saturated rings. The third kappa shape index (κ3) is 4.74. The Balaban J connectivity index is 1.17. The zero-order chi connectivity index (χ0) is 31.2. The minimum atomic E-state index is -1.13. The van der Waals surface area contributed by atoms with E-state index in [0.29, 0.717) is 12.2 Å². The maximum absolute atomic E-state index is 14.0. The van der Waals surface area contributed by atoms with E-state index in [-0.39, 0.29) is 17.9 Å². The summed E-state index contributed by atoms with van der Waals surface area (Å²) in [5.41, 5.74) is 2.50. The molecule has 0 unspecified atom stereocenters. The van der Waals surface area contributed by atoms with Crippen LogP contribution in [0.2, 0.25) is 0 Å². The lowest BCUT2D eigenvalue weighted by molar-refractivity contribution is -0.384. The van der Waals surface area contributed by atoms with E-state index in [9.17, 15) is 24.5 Å². The van der Waals surface area contributed by atoms with Crippen LogP contribution >= 0.6 is 0 Å². The molecule has 0 aromatic heterocycles. The summed E-state index contributed by atoms with van der Waals surface area (Å²) in [6, 6.07) is 23.7. The molecule has 0 saturated carbocycles. The van der Waals surface area contributed by atoms with Crippen LogP contribution in [-0.4, -0.2) is 64.1 Å². The summed E-state index contributed by atoms with van der Waals surface area (Å²) in [5.74, 6) is -0.995. The Hall–Kier alpha value is -5.98. The summed E-state index contributed by atoms with van der Waals surface area (Å²) in [6.07, 6.45) is 0.449. The fraction of sp³-hybridized carbons (Fsp3) is 0.188. The van der Waals surface area contributed by atoms with Gasteiger partial charge in [-0.25, -0.2) is 9.91 Å². The van der Waals surface area contributed by atoms with Gasteiger partial charge < -0.3 is 4.74 Å². The van der Waals surface area contributed by atoms with E-state index in [0.717, 1.165) is 32.5 Å². The molecule has 13 nitrogen and oxygen atoms in total. The van der Waals surface area contributed by atoms with Gasteiger partial charge in [-0.1, -0.05) is 59.8 Å². The van der Waals surface area contributed by atoms with Crippen LogP contribution in [-0.2, 0) is 14.4 Å². The number of nitrogens with zero attached hydrogens (tertiary/aromatic N) is 7. The third-order valence-corrected chi connectivity index (χ3v) is 8.24. The van der Waals surface area contributed by atoms with Crippen molar-refractivity contribution in [3.63, 3.8) is 0 Å². The fourth-order valence-electron chi connectivity index (χ4n) is 6.01. The van der Waals surface area contributed by atoms with Crippen LogP contribution in [0, 0.1) is 10.1 Å². The Bertz CT molecular complexity index is 1920.